The molecule has 0 fully saturated rings. The summed E-state index contributed by atoms with van der Waals surface area (Å²) < 4.78 is 0. The fourth-order valence-electron chi connectivity index (χ4n) is 2.17. The quantitative estimate of drug-likeness (QED) is 0.854. The van der Waals surface area contributed by atoms with Crippen molar-refractivity contribution in [3.05, 3.63) is 42.3 Å². The molecule has 1 amide bonds. The van der Waals surface area contributed by atoms with E-state index >= 15 is 0 Å². The van der Waals surface area contributed by atoms with Crippen molar-refractivity contribution in [2.24, 2.45) is 0 Å². The molecule has 0 aliphatic heterocycles. The summed E-state index contributed by atoms with van der Waals surface area (Å²) >= 11 is 0. The summed E-state index contributed by atoms with van der Waals surface area (Å²) in [7, 11) is 0. The lowest BCUT2D eigenvalue weighted by Gasteiger charge is -2.30. The van der Waals surface area contributed by atoms with Gasteiger partial charge in [-0.3, -0.25) is 9.69 Å². The van der Waals surface area contributed by atoms with Crippen LogP contribution < -0.4 is 5.32 Å². The normalized spacial score (nSPS) is 11.4. The van der Waals surface area contributed by atoms with Gasteiger partial charge in [0.15, 0.2) is 0 Å². The Bertz CT molecular complexity index is 388. The molecule has 3 heteroatoms. The van der Waals surface area contributed by atoms with E-state index in [1.165, 1.54) is 0 Å². The van der Waals surface area contributed by atoms with Gasteiger partial charge >= 0.3 is 0 Å². The average molecular weight is 261 g/mol. The first-order valence-corrected chi connectivity index (χ1v) is 6.87. The molecule has 3 nitrogen and oxygen atoms in total. The Morgan fingerprint density at radius 1 is 1.16 bits per heavy atom. The number of carbonyl (C=O) groups is 1. The van der Waals surface area contributed by atoms with E-state index in [1.807, 2.05) is 12.1 Å². The number of benzene rings is 1. The first-order chi connectivity index (χ1) is 8.91. The Labute approximate surface area is 117 Å². The SMILES string of the molecule is [CH2]c1ccc(C(=O)NCCN(C(C)C)C(C)C)cc1. The molecule has 1 N–H and O–H groups in total. The Morgan fingerprint density at radius 2 is 1.68 bits per heavy atom. The van der Waals surface area contributed by atoms with Crippen LogP contribution >= 0.6 is 0 Å². The zero-order valence-corrected chi connectivity index (χ0v) is 12.4. The first-order valence-electron chi connectivity index (χ1n) is 6.87. The van der Waals surface area contributed by atoms with Gasteiger partial charge in [-0.25, -0.2) is 0 Å². The van der Waals surface area contributed by atoms with Gasteiger partial charge in [-0.15, -0.1) is 0 Å². The van der Waals surface area contributed by atoms with Gasteiger partial charge in [0.2, 0.25) is 0 Å². The lowest BCUT2D eigenvalue weighted by atomic mass is 10.1. The molecule has 0 aliphatic rings. The molecule has 0 atom stereocenters. The molecule has 0 saturated carbocycles. The van der Waals surface area contributed by atoms with Crippen LogP contribution in [0.4, 0.5) is 0 Å². The fourth-order valence-corrected chi connectivity index (χ4v) is 2.17. The number of amides is 1. The monoisotopic (exact) mass is 261 g/mol. The van der Waals surface area contributed by atoms with Gasteiger partial charge in [0.1, 0.15) is 0 Å². The third kappa shape index (κ3) is 5.03. The van der Waals surface area contributed by atoms with Crippen molar-refractivity contribution in [2.75, 3.05) is 13.1 Å². The molecule has 0 aliphatic carbocycles. The van der Waals surface area contributed by atoms with Gasteiger partial charge in [0.05, 0.1) is 0 Å². The van der Waals surface area contributed by atoms with Crippen LogP contribution in [0.15, 0.2) is 24.3 Å². The minimum Gasteiger partial charge on any atom is -0.351 e. The second kappa shape index (κ2) is 7.29. The maximum absolute atomic E-state index is 11.9. The van der Waals surface area contributed by atoms with Crippen LogP contribution in [0.3, 0.4) is 0 Å². The predicted octanol–water partition coefficient (Wildman–Crippen LogP) is 2.72. The molecule has 1 rings (SSSR count). The van der Waals surface area contributed by atoms with Crippen LogP contribution in [0.1, 0.15) is 43.6 Å². The van der Waals surface area contributed by atoms with E-state index in [4.69, 9.17) is 0 Å². The van der Waals surface area contributed by atoms with Crippen molar-refractivity contribution < 1.29 is 4.79 Å². The standard InChI is InChI=1S/C16H25N2O/c1-12(2)18(13(3)4)11-10-17-16(19)15-8-6-14(5)7-9-15/h6-9,12-13H,5,10-11H2,1-4H3,(H,17,19). The first kappa shape index (κ1) is 15.7. The van der Waals surface area contributed by atoms with E-state index in [-0.39, 0.29) is 5.91 Å². The number of hydrogen-bond acceptors (Lipinski definition) is 2. The van der Waals surface area contributed by atoms with Crippen molar-refractivity contribution >= 4 is 5.91 Å². The van der Waals surface area contributed by atoms with Gasteiger partial charge in [-0.05, 0) is 52.3 Å². The highest BCUT2D eigenvalue weighted by atomic mass is 16.1. The Hall–Kier alpha value is -1.35. The fraction of sp³-hybridized carbons (Fsp3) is 0.500. The summed E-state index contributed by atoms with van der Waals surface area (Å²) in [6, 6.07) is 8.29. The maximum Gasteiger partial charge on any atom is 0.251 e. The predicted molar refractivity (Wildman–Crippen MR) is 80.2 cm³/mol. The van der Waals surface area contributed by atoms with Crippen molar-refractivity contribution in [1.29, 1.82) is 0 Å². The van der Waals surface area contributed by atoms with E-state index in [9.17, 15) is 4.79 Å². The number of hydrogen-bond donors (Lipinski definition) is 1. The van der Waals surface area contributed by atoms with Crippen LogP contribution in [-0.4, -0.2) is 36.0 Å². The Morgan fingerprint density at radius 3 is 2.16 bits per heavy atom. The molecular weight excluding hydrogens is 236 g/mol. The second-order valence-electron chi connectivity index (χ2n) is 5.38. The number of rotatable bonds is 6. The van der Waals surface area contributed by atoms with E-state index in [0.29, 0.717) is 24.2 Å². The summed E-state index contributed by atoms with van der Waals surface area (Å²) in [5.74, 6) is -0.0209. The summed E-state index contributed by atoms with van der Waals surface area (Å²) in [6.45, 7) is 14.0. The van der Waals surface area contributed by atoms with Crippen LogP contribution in [-0.2, 0) is 0 Å². The molecule has 1 aromatic rings. The molecular formula is C16H25N2O. The third-order valence-corrected chi connectivity index (χ3v) is 3.20. The van der Waals surface area contributed by atoms with Crippen LogP contribution in [0, 0.1) is 6.92 Å². The van der Waals surface area contributed by atoms with Gasteiger partial charge in [0, 0.05) is 30.7 Å². The Balaban J connectivity index is 2.44. The van der Waals surface area contributed by atoms with Gasteiger partial charge < -0.3 is 5.32 Å². The lowest BCUT2D eigenvalue weighted by molar-refractivity contribution is 0.0939. The van der Waals surface area contributed by atoms with Crippen LogP contribution in [0.25, 0.3) is 0 Å². The lowest BCUT2D eigenvalue weighted by Crippen LogP contribution is -2.42. The molecule has 0 bridgehead atoms. The van der Waals surface area contributed by atoms with E-state index in [0.717, 1.165) is 12.1 Å². The smallest absolute Gasteiger partial charge is 0.251 e. The highest BCUT2D eigenvalue weighted by Crippen LogP contribution is 2.05. The summed E-state index contributed by atoms with van der Waals surface area (Å²) in [5, 5.41) is 2.96. The molecule has 0 aromatic heterocycles. The van der Waals surface area contributed by atoms with Crippen molar-refractivity contribution in [1.82, 2.24) is 10.2 Å². The van der Waals surface area contributed by atoms with Crippen molar-refractivity contribution in [3.63, 3.8) is 0 Å². The maximum atomic E-state index is 11.9. The summed E-state index contributed by atoms with van der Waals surface area (Å²) in [4.78, 5) is 14.3. The molecule has 0 saturated heterocycles. The van der Waals surface area contributed by atoms with Crippen molar-refractivity contribution in [2.45, 2.75) is 39.8 Å². The molecule has 1 aromatic carbocycles. The highest BCUT2D eigenvalue weighted by Gasteiger charge is 2.13. The molecule has 19 heavy (non-hydrogen) atoms. The van der Waals surface area contributed by atoms with E-state index in [1.54, 1.807) is 12.1 Å². The van der Waals surface area contributed by atoms with E-state index in [2.05, 4.69) is 44.8 Å². The molecule has 1 radical (unpaired) electrons. The summed E-state index contributed by atoms with van der Waals surface area (Å²) in [6.07, 6.45) is 0. The minimum absolute atomic E-state index is 0.0209. The van der Waals surface area contributed by atoms with Gasteiger partial charge in [0.25, 0.3) is 5.91 Å². The summed E-state index contributed by atoms with van der Waals surface area (Å²) in [5.41, 5.74) is 1.61. The van der Waals surface area contributed by atoms with Gasteiger partial charge in [-0.1, -0.05) is 12.1 Å². The zero-order chi connectivity index (χ0) is 14.4. The number of carbonyl (C=O) groups excluding carboxylic acids is 1. The third-order valence-electron chi connectivity index (χ3n) is 3.20. The zero-order valence-electron chi connectivity index (χ0n) is 12.4. The van der Waals surface area contributed by atoms with Crippen LogP contribution in [0.5, 0.6) is 0 Å². The molecule has 0 spiro atoms. The molecule has 0 unspecified atom stereocenters. The Kier molecular flexibility index (Phi) is 6.03. The highest BCUT2D eigenvalue weighted by molar-refractivity contribution is 5.94. The number of nitrogens with one attached hydrogen (secondary N) is 1. The van der Waals surface area contributed by atoms with Gasteiger partial charge in [-0.2, -0.15) is 0 Å². The number of nitrogens with zero attached hydrogens (tertiary/aromatic N) is 1. The van der Waals surface area contributed by atoms with E-state index < -0.39 is 0 Å². The van der Waals surface area contributed by atoms with Crippen LogP contribution in [0.2, 0.25) is 0 Å². The minimum atomic E-state index is -0.0209. The largest absolute Gasteiger partial charge is 0.351 e. The topological polar surface area (TPSA) is 32.3 Å². The van der Waals surface area contributed by atoms with Crippen molar-refractivity contribution in [3.8, 4) is 0 Å². The molecule has 0 heterocycles. The average Bonchev–Trinajstić information content (AvgIpc) is 2.34. The molecule has 105 valence electrons. The second-order valence-corrected chi connectivity index (χ2v) is 5.38.